The second-order valence-corrected chi connectivity index (χ2v) is 6.92. The van der Waals surface area contributed by atoms with E-state index in [-0.39, 0.29) is 24.0 Å². The van der Waals surface area contributed by atoms with Crippen molar-refractivity contribution >= 4 is 35.6 Å². The van der Waals surface area contributed by atoms with Gasteiger partial charge < -0.3 is 11.1 Å². The van der Waals surface area contributed by atoms with Crippen molar-refractivity contribution in [3.63, 3.8) is 0 Å². The highest BCUT2D eigenvalue weighted by Crippen LogP contribution is 2.18. The molecule has 0 unspecified atom stereocenters. The number of aliphatic imine (C=N–C) groups is 1. The third kappa shape index (κ3) is 5.99. The fourth-order valence-electron chi connectivity index (χ4n) is 3.47. The molecule has 0 fully saturated rings. The average molecular weight is 464 g/mol. The van der Waals surface area contributed by atoms with Crippen LogP contribution in [0.5, 0.6) is 0 Å². The largest absolute Gasteiger partial charge is 0.370 e. The molecule has 0 bridgehead atoms. The van der Waals surface area contributed by atoms with Gasteiger partial charge in [-0.05, 0) is 61.1 Å². The van der Waals surface area contributed by atoms with Crippen molar-refractivity contribution in [1.29, 1.82) is 0 Å². The van der Waals surface area contributed by atoms with Crippen molar-refractivity contribution in [2.24, 2.45) is 10.7 Å². The SMILES string of the molecule is Cc1cc(C)cc(NC(N)=NCCCN2CCc3ccccc3C2)c1.I. The van der Waals surface area contributed by atoms with Crippen molar-refractivity contribution in [2.75, 3.05) is 25.0 Å². The quantitative estimate of drug-likeness (QED) is 0.303. The molecule has 0 aromatic heterocycles. The molecule has 4 nitrogen and oxygen atoms in total. The van der Waals surface area contributed by atoms with Gasteiger partial charge in [-0.15, -0.1) is 24.0 Å². The summed E-state index contributed by atoms with van der Waals surface area (Å²) in [6.07, 6.45) is 2.17. The molecule has 0 atom stereocenters. The second-order valence-electron chi connectivity index (χ2n) is 6.92. The molecule has 0 saturated heterocycles. The highest BCUT2D eigenvalue weighted by atomic mass is 127. The Morgan fingerprint density at radius 2 is 1.81 bits per heavy atom. The number of anilines is 1. The lowest BCUT2D eigenvalue weighted by Crippen LogP contribution is -2.31. The third-order valence-corrected chi connectivity index (χ3v) is 4.62. The molecule has 0 radical (unpaired) electrons. The van der Waals surface area contributed by atoms with Crippen LogP contribution >= 0.6 is 24.0 Å². The van der Waals surface area contributed by atoms with Crippen molar-refractivity contribution in [1.82, 2.24) is 4.90 Å². The zero-order chi connectivity index (χ0) is 17.6. The number of fused-ring (bicyclic) bond motifs is 1. The Bertz CT molecular complexity index is 737. The summed E-state index contributed by atoms with van der Waals surface area (Å²) in [6.45, 7) is 8.17. The van der Waals surface area contributed by atoms with Gasteiger partial charge in [-0.2, -0.15) is 0 Å². The van der Waals surface area contributed by atoms with Gasteiger partial charge in [0.15, 0.2) is 5.96 Å². The molecular formula is C21H29IN4. The highest BCUT2D eigenvalue weighted by Gasteiger charge is 2.14. The summed E-state index contributed by atoms with van der Waals surface area (Å²) in [6, 6.07) is 15.1. The Labute approximate surface area is 173 Å². The van der Waals surface area contributed by atoms with Crippen LogP contribution in [0.1, 0.15) is 28.7 Å². The van der Waals surface area contributed by atoms with Crippen LogP contribution in [-0.4, -0.2) is 30.5 Å². The lowest BCUT2D eigenvalue weighted by atomic mass is 10.00. The van der Waals surface area contributed by atoms with Gasteiger partial charge in [0.2, 0.25) is 0 Å². The predicted octanol–water partition coefficient (Wildman–Crippen LogP) is 4.10. The van der Waals surface area contributed by atoms with Gasteiger partial charge in [0.1, 0.15) is 0 Å². The molecule has 2 aromatic carbocycles. The summed E-state index contributed by atoms with van der Waals surface area (Å²) in [5, 5.41) is 3.19. The van der Waals surface area contributed by atoms with Crippen molar-refractivity contribution < 1.29 is 0 Å². The van der Waals surface area contributed by atoms with E-state index < -0.39 is 0 Å². The second kappa shape index (κ2) is 9.92. The normalized spacial score (nSPS) is 14.5. The zero-order valence-electron chi connectivity index (χ0n) is 15.7. The predicted molar refractivity (Wildman–Crippen MR) is 121 cm³/mol. The van der Waals surface area contributed by atoms with Crippen LogP contribution in [0.2, 0.25) is 0 Å². The van der Waals surface area contributed by atoms with E-state index in [4.69, 9.17) is 5.73 Å². The van der Waals surface area contributed by atoms with Crippen LogP contribution in [0.4, 0.5) is 5.69 Å². The minimum absolute atomic E-state index is 0. The number of benzene rings is 2. The number of nitrogens with one attached hydrogen (secondary N) is 1. The Morgan fingerprint density at radius 1 is 1.12 bits per heavy atom. The summed E-state index contributed by atoms with van der Waals surface area (Å²) in [4.78, 5) is 6.97. The van der Waals surface area contributed by atoms with Crippen LogP contribution in [0.3, 0.4) is 0 Å². The van der Waals surface area contributed by atoms with Gasteiger partial charge in [-0.25, -0.2) is 0 Å². The van der Waals surface area contributed by atoms with E-state index in [1.54, 1.807) is 0 Å². The molecule has 140 valence electrons. The monoisotopic (exact) mass is 464 g/mol. The first-order chi connectivity index (χ1) is 12.1. The number of nitrogens with two attached hydrogens (primary N) is 1. The Morgan fingerprint density at radius 3 is 2.54 bits per heavy atom. The standard InChI is InChI=1S/C21H28N4.HI/c1-16-12-17(2)14-20(13-16)24-21(22)23-9-5-10-25-11-8-18-6-3-4-7-19(18)15-25;/h3-4,6-7,12-14H,5,8-11,15H2,1-2H3,(H3,22,23,24);1H. The zero-order valence-corrected chi connectivity index (χ0v) is 18.0. The lowest BCUT2D eigenvalue weighted by Gasteiger charge is -2.28. The van der Waals surface area contributed by atoms with Crippen LogP contribution in [0.15, 0.2) is 47.5 Å². The third-order valence-electron chi connectivity index (χ3n) is 4.62. The molecule has 0 saturated carbocycles. The van der Waals surface area contributed by atoms with E-state index in [0.29, 0.717) is 5.96 Å². The molecule has 3 N–H and O–H groups in total. The smallest absolute Gasteiger partial charge is 0.193 e. The number of halogens is 1. The fourth-order valence-corrected chi connectivity index (χ4v) is 3.47. The molecule has 5 heteroatoms. The first-order valence-corrected chi connectivity index (χ1v) is 9.04. The number of hydrogen-bond donors (Lipinski definition) is 2. The van der Waals surface area contributed by atoms with E-state index in [1.165, 1.54) is 22.3 Å². The molecule has 0 spiro atoms. The number of rotatable bonds is 5. The topological polar surface area (TPSA) is 53.6 Å². The molecular weight excluding hydrogens is 435 g/mol. The molecule has 1 aliphatic rings. The van der Waals surface area contributed by atoms with Crippen molar-refractivity contribution in [3.05, 3.63) is 64.7 Å². The van der Waals surface area contributed by atoms with Gasteiger partial charge in [-0.3, -0.25) is 9.89 Å². The van der Waals surface area contributed by atoms with Gasteiger partial charge >= 0.3 is 0 Å². The van der Waals surface area contributed by atoms with Crippen LogP contribution in [0, 0.1) is 13.8 Å². The maximum absolute atomic E-state index is 6.01. The number of nitrogens with zero attached hydrogens (tertiary/aromatic N) is 2. The van der Waals surface area contributed by atoms with Crippen LogP contribution < -0.4 is 11.1 Å². The number of hydrogen-bond acceptors (Lipinski definition) is 2. The van der Waals surface area contributed by atoms with E-state index in [2.05, 4.69) is 71.5 Å². The van der Waals surface area contributed by atoms with Crippen molar-refractivity contribution in [3.8, 4) is 0 Å². The average Bonchev–Trinajstić information content (AvgIpc) is 2.57. The van der Waals surface area contributed by atoms with Crippen LogP contribution in [-0.2, 0) is 13.0 Å². The summed E-state index contributed by atoms with van der Waals surface area (Å²) >= 11 is 0. The Hall–Kier alpha value is -1.60. The van der Waals surface area contributed by atoms with Crippen LogP contribution in [0.25, 0.3) is 0 Å². The van der Waals surface area contributed by atoms with Gasteiger partial charge in [-0.1, -0.05) is 30.3 Å². The molecule has 2 aromatic rings. The van der Waals surface area contributed by atoms with E-state index in [9.17, 15) is 0 Å². The summed E-state index contributed by atoms with van der Waals surface area (Å²) in [7, 11) is 0. The maximum atomic E-state index is 6.01. The maximum Gasteiger partial charge on any atom is 0.193 e. The molecule has 1 aliphatic heterocycles. The minimum Gasteiger partial charge on any atom is -0.370 e. The van der Waals surface area contributed by atoms with E-state index >= 15 is 0 Å². The lowest BCUT2D eigenvalue weighted by molar-refractivity contribution is 0.253. The Balaban J connectivity index is 0.00000243. The fraction of sp³-hybridized carbons (Fsp3) is 0.381. The summed E-state index contributed by atoms with van der Waals surface area (Å²) in [5.74, 6) is 0.494. The molecule has 0 amide bonds. The van der Waals surface area contributed by atoms with Gasteiger partial charge in [0.05, 0.1) is 0 Å². The first kappa shape index (κ1) is 20.7. The number of guanidine groups is 1. The highest BCUT2D eigenvalue weighted by molar-refractivity contribution is 14.0. The summed E-state index contributed by atoms with van der Waals surface area (Å²) in [5.41, 5.74) is 12.4. The molecule has 3 rings (SSSR count). The molecule has 1 heterocycles. The first-order valence-electron chi connectivity index (χ1n) is 9.04. The molecule has 26 heavy (non-hydrogen) atoms. The number of aryl methyl sites for hydroxylation is 2. The molecule has 0 aliphatic carbocycles. The van der Waals surface area contributed by atoms with E-state index in [1.807, 2.05) is 0 Å². The Kier molecular flexibility index (Phi) is 7.90. The van der Waals surface area contributed by atoms with E-state index in [0.717, 1.165) is 44.7 Å². The van der Waals surface area contributed by atoms with Gasteiger partial charge in [0.25, 0.3) is 0 Å². The van der Waals surface area contributed by atoms with Crippen molar-refractivity contribution in [2.45, 2.75) is 33.2 Å². The van der Waals surface area contributed by atoms with Gasteiger partial charge in [0, 0.05) is 31.9 Å². The minimum atomic E-state index is 0. The summed E-state index contributed by atoms with van der Waals surface area (Å²) < 4.78 is 0.